The van der Waals surface area contributed by atoms with Crippen LogP contribution in [0.15, 0.2) is 45.9 Å². The van der Waals surface area contributed by atoms with Gasteiger partial charge in [-0.05, 0) is 0 Å². The molecule has 2 aromatic rings. The number of benzene rings is 1. The second kappa shape index (κ2) is 5.79. The van der Waals surface area contributed by atoms with Crippen LogP contribution >= 0.6 is 11.8 Å². The molecule has 0 aliphatic carbocycles. The van der Waals surface area contributed by atoms with Crippen LogP contribution in [0, 0.1) is 0 Å². The topological polar surface area (TPSA) is 79.5 Å². The van der Waals surface area contributed by atoms with Gasteiger partial charge >= 0.3 is 6.03 Å². The molecule has 0 atom stereocenters. The molecule has 1 aliphatic heterocycles. The maximum Gasteiger partial charge on any atom is 0.326 e. The number of nitrogens with zero attached hydrogens (tertiary/aromatic N) is 2. The van der Waals surface area contributed by atoms with E-state index in [4.69, 9.17) is 4.52 Å². The zero-order chi connectivity index (χ0) is 13.8. The fourth-order valence-corrected chi connectivity index (χ4v) is 2.45. The smallest absolute Gasteiger partial charge is 0.326 e. The Morgan fingerprint density at radius 1 is 1.25 bits per heavy atom. The standard InChI is InChI=1S/C13H12N4O2S/c18-12(16-13-14-6-7-20-13)15-11-8-10(19-17-11)9-4-2-1-3-5-9/h1-5,8H,6-7H2,(H2,14,15,16,17,18). The van der Waals surface area contributed by atoms with Crippen LogP contribution in [0.3, 0.4) is 0 Å². The molecule has 3 rings (SSSR count). The van der Waals surface area contributed by atoms with Gasteiger partial charge in [-0.3, -0.25) is 15.6 Å². The number of hydrogen-bond donors (Lipinski definition) is 2. The lowest BCUT2D eigenvalue weighted by atomic mass is 10.2. The van der Waals surface area contributed by atoms with E-state index < -0.39 is 0 Å². The molecule has 0 saturated carbocycles. The molecule has 1 aromatic heterocycles. The van der Waals surface area contributed by atoms with Crippen molar-refractivity contribution in [2.75, 3.05) is 17.6 Å². The van der Waals surface area contributed by atoms with E-state index >= 15 is 0 Å². The lowest BCUT2D eigenvalue weighted by Gasteiger charge is -2.02. The van der Waals surface area contributed by atoms with Gasteiger partial charge in [0.15, 0.2) is 16.7 Å². The Labute approximate surface area is 119 Å². The van der Waals surface area contributed by atoms with Gasteiger partial charge in [0.25, 0.3) is 0 Å². The number of amidine groups is 1. The molecule has 2 amide bonds. The van der Waals surface area contributed by atoms with Crippen molar-refractivity contribution in [2.45, 2.75) is 0 Å². The van der Waals surface area contributed by atoms with Gasteiger partial charge < -0.3 is 4.52 Å². The van der Waals surface area contributed by atoms with Gasteiger partial charge in [0.05, 0.1) is 6.54 Å². The summed E-state index contributed by atoms with van der Waals surface area (Å²) in [7, 11) is 0. The number of thioether (sulfide) groups is 1. The average molecular weight is 288 g/mol. The first-order valence-electron chi connectivity index (χ1n) is 6.09. The van der Waals surface area contributed by atoms with E-state index in [0.717, 1.165) is 17.9 Å². The number of urea groups is 1. The molecule has 0 spiro atoms. The van der Waals surface area contributed by atoms with Crippen molar-refractivity contribution >= 4 is 28.8 Å². The van der Waals surface area contributed by atoms with Crippen LogP contribution in [0.25, 0.3) is 11.3 Å². The van der Waals surface area contributed by atoms with Crippen LogP contribution in [0.2, 0.25) is 0 Å². The van der Waals surface area contributed by atoms with Crippen LogP contribution in [0.1, 0.15) is 0 Å². The number of aromatic nitrogens is 1. The second-order valence-corrected chi connectivity index (χ2v) is 5.14. The summed E-state index contributed by atoms with van der Waals surface area (Å²) in [4.78, 5) is 15.9. The molecule has 0 radical (unpaired) electrons. The summed E-state index contributed by atoms with van der Waals surface area (Å²) in [6, 6.07) is 10.9. The van der Waals surface area contributed by atoms with Crippen molar-refractivity contribution in [3.8, 4) is 11.3 Å². The third-order valence-corrected chi connectivity index (χ3v) is 3.51. The first-order valence-corrected chi connectivity index (χ1v) is 7.07. The summed E-state index contributed by atoms with van der Waals surface area (Å²) in [5.74, 6) is 1.87. The maximum atomic E-state index is 11.7. The zero-order valence-corrected chi connectivity index (χ0v) is 11.3. The molecule has 1 aromatic carbocycles. The Bertz CT molecular complexity index is 639. The predicted molar refractivity (Wildman–Crippen MR) is 78.9 cm³/mol. The average Bonchev–Trinajstić information content (AvgIpc) is 3.11. The molecule has 7 heteroatoms. The van der Waals surface area contributed by atoms with Crippen LogP contribution < -0.4 is 10.6 Å². The number of amides is 2. The third kappa shape index (κ3) is 3.00. The fraction of sp³-hybridized carbons (Fsp3) is 0.154. The molecular formula is C13H12N4O2S. The highest BCUT2D eigenvalue weighted by Gasteiger charge is 2.13. The number of hydrogen-bond acceptors (Lipinski definition) is 5. The number of anilines is 1. The molecule has 6 nitrogen and oxygen atoms in total. The Balaban J connectivity index is 1.64. The second-order valence-electron chi connectivity index (χ2n) is 4.06. The molecule has 1 aliphatic rings. The molecular weight excluding hydrogens is 276 g/mol. The van der Waals surface area contributed by atoms with E-state index in [1.165, 1.54) is 11.8 Å². The van der Waals surface area contributed by atoms with Gasteiger partial charge in [-0.2, -0.15) is 0 Å². The quantitative estimate of drug-likeness (QED) is 0.890. The van der Waals surface area contributed by atoms with Crippen molar-refractivity contribution in [3.63, 3.8) is 0 Å². The van der Waals surface area contributed by atoms with Crippen molar-refractivity contribution < 1.29 is 9.32 Å². The van der Waals surface area contributed by atoms with Gasteiger partial charge in [-0.1, -0.05) is 47.3 Å². The van der Waals surface area contributed by atoms with Gasteiger partial charge in [-0.25, -0.2) is 4.79 Å². The molecule has 102 valence electrons. The fourth-order valence-electron chi connectivity index (χ4n) is 1.73. The molecule has 0 fully saturated rings. The van der Waals surface area contributed by atoms with E-state index in [-0.39, 0.29) is 6.03 Å². The number of nitrogens with one attached hydrogen (secondary N) is 2. The summed E-state index contributed by atoms with van der Waals surface area (Å²) in [5.41, 5.74) is 0.907. The first kappa shape index (κ1) is 12.7. The Kier molecular flexibility index (Phi) is 3.69. The van der Waals surface area contributed by atoms with Crippen molar-refractivity contribution in [3.05, 3.63) is 36.4 Å². The first-order chi connectivity index (χ1) is 9.81. The van der Waals surface area contributed by atoms with Crippen LogP contribution in [-0.4, -0.2) is 28.7 Å². The van der Waals surface area contributed by atoms with Crippen molar-refractivity contribution in [1.82, 2.24) is 10.5 Å². The van der Waals surface area contributed by atoms with E-state index in [2.05, 4.69) is 20.8 Å². The summed E-state index contributed by atoms with van der Waals surface area (Å²) in [6.07, 6.45) is 0. The molecule has 0 saturated heterocycles. The van der Waals surface area contributed by atoms with Gasteiger partial charge in [0.1, 0.15) is 0 Å². The van der Waals surface area contributed by atoms with Crippen LogP contribution in [0.4, 0.5) is 10.6 Å². The monoisotopic (exact) mass is 288 g/mol. The maximum absolute atomic E-state index is 11.7. The predicted octanol–water partition coefficient (Wildman–Crippen LogP) is 2.57. The van der Waals surface area contributed by atoms with E-state index in [9.17, 15) is 4.79 Å². The minimum Gasteiger partial charge on any atom is -0.354 e. The number of carbonyl (C=O) groups is 1. The number of rotatable bonds is 2. The van der Waals surface area contributed by atoms with Crippen LogP contribution in [-0.2, 0) is 0 Å². The summed E-state index contributed by atoms with van der Waals surface area (Å²) < 4.78 is 5.19. The lowest BCUT2D eigenvalue weighted by Crippen LogP contribution is -2.31. The normalized spacial score (nSPS) is 13.9. The van der Waals surface area contributed by atoms with Crippen molar-refractivity contribution in [2.24, 2.45) is 4.99 Å². The molecule has 0 bridgehead atoms. The van der Waals surface area contributed by atoms with E-state index in [1.807, 2.05) is 30.3 Å². The summed E-state index contributed by atoms with van der Waals surface area (Å²) in [5, 5.41) is 9.71. The highest BCUT2D eigenvalue weighted by Crippen LogP contribution is 2.21. The number of aliphatic imine (C=N–C) groups is 1. The SMILES string of the molecule is O=C(NC1=NCCS1)Nc1cc(-c2ccccc2)on1. The summed E-state index contributed by atoms with van der Waals surface area (Å²) >= 11 is 1.52. The Morgan fingerprint density at radius 2 is 2.10 bits per heavy atom. The highest BCUT2D eigenvalue weighted by atomic mass is 32.2. The number of carbonyl (C=O) groups excluding carboxylic acids is 1. The molecule has 20 heavy (non-hydrogen) atoms. The molecule has 0 unspecified atom stereocenters. The molecule has 2 N–H and O–H groups in total. The van der Waals surface area contributed by atoms with Crippen molar-refractivity contribution in [1.29, 1.82) is 0 Å². The molecule has 2 heterocycles. The Morgan fingerprint density at radius 3 is 2.85 bits per heavy atom. The largest absolute Gasteiger partial charge is 0.354 e. The van der Waals surface area contributed by atoms with E-state index in [1.54, 1.807) is 6.07 Å². The van der Waals surface area contributed by atoms with Gasteiger partial charge in [0, 0.05) is 17.4 Å². The minimum atomic E-state index is -0.369. The van der Waals surface area contributed by atoms with Gasteiger partial charge in [0.2, 0.25) is 0 Å². The highest BCUT2D eigenvalue weighted by molar-refractivity contribution is 8.14. The van der Waals surface area contributed by atoms with Crippen LogP contribution in [0.5, 0.6) is 0 Å². The Hall–Kier alpha value is -2.28. The zero-order valence-electron chi connectivity index (χ0n) is 10.5. The van der Waals surface area contributed by atoms with Gasteiger partial charge in [-0.15, -0.1) is 0 Å². The third-order valence-electron chi connectivity index (χ3n) is 2.62. The summed E-state index contributed by atoms with van der Waals surface area (Å²) in [6.45, 7) is 0.738. The van der Waals surface area contributed by atoms with E-state index in [0.29, 0.717) is 16.7 Å². The lowest BCUT2D eigenvalue weighted by molar-refractivity contribution is 0.256. The minimum absolute atomic E-state index is 0.366.